The lowest BCUT2D eigenvalue weighted by Crippen LogP contribution is -2.30. The third-order valence-electron chi connectivity index (χ3n) is 5.24. The Morgan fingerprint density at radius 2 is 1.71 bits per heavy atom. The zero-order valence-corrected chi connectivity index (χ0v) is 19.1. The summed E-state index contributed by atoms with van der Waals surface area (Å²) >= 11 is 1.51. The molecule has 31 heavy (non-hydrogen) atoms. The molecular weight excluding hydrogens is 404 g/mol. The summed E-state index contributed by atoms with van der Waals surface area (Å²) in [4.78, 5) is 20.1. The molecule has 0 aliphatic heterocycles. The molecule has 0 radical (unpaired) electrons. The molecule has 0 unspecified atom stereocenters. The maximum absolute atomic E-state index is 13.6. The summed E-state index contributed by atoms with van der Waals surface area (Å²) in [5.74, 6) is 0.693. The summed E-state index contributed by atoms with van der Waals surface area (Å²) in [5.41, 5.74) is 3.77. The molecule has 0 saturated heterocycles. The van der Waals surface area contributed by atoms with Gasteiger partial charge in [0.05, 0.1) is 23.9 Å². The van der Waals surface area contributed by atoms with Crippen molar-refractivity contribution in [1.82, 2.24) is 4.98 Å². The Morgan fingerprint density at radius 1 is 1.00 bits per heavy atom. The SMILES string of the molecule is COc1ccc2sc(N(Cc3ccccc3)C(=O)c3ccc(C(C)(C)C)cc3)nc2c1. The predicted molar refractivity (Wildman–Crippen MR) is 128 cm³/mol. The summed E-state index contributed by atoms with van der Waals surface area (Å²) in [6.07, 6.45) is 0. The molecule has 0 bridgehead atoms. The van der Waals surface area contributed by atoms with Crippen LogP contribution in [-0.2, 0) is 12.0 Å². The molecular formula is C26H26N2O2S. The smallest absolute Gasteiger partial charge is 0.260 e. The van der Waals surface area contributed by atoms with Crippen LogP contribution < -0.4 is 9.64 Å². The minimum atomic E-state index is -0.0599. The standard InChI is InChI=1S/C26H26N2O2S/c1-26(2,3)20-12-10-19(11-13-20)24(29)28(17-18-8-6-5-7-9-18)25-27-22-16-21(30-4)14-15-23(22)31-25/h5-16H,17H2,1-4H3. The number of methoxy groups -OCH3 is 1. The van der Waals surface area contributed by atoms with Gasteiger partial charge in [-0.3, -0.25) is 9.69 Å². The first kappa shape index (κ1) is 21.1. The molecule has 5 heteroatoms. The van der Waals surface area contributed by atoms with Crippen LogP contribution in [0.4, 0.5) is 5.13 Å². The third kappa shape index (κ3) is 4.62. The molecule has 1 aromatic heterocycles. The Kier molecular flexibility index (Phi) is 5.79. The van der Waals surface area contributed by atoms with Gasteiger partial charge in [0.15, 0.2) is 5.13 Å². The number of benzene rings is 3. The molecule has 158 valence electrons. The van der Waals surface area contributed by atoms with E-state index in [4.69, 9.17) is 9.72 Å². The number of aromatic nitrogens is 1. The summed E-state index contributed by atoms with van der Waals surface area (Å²) < 4.78 is 6.35. The zero-order chi connectivity index (χ0) is 22.0. The van der Waals surface area contributed by atoms with Crippen molar-refractivity contribution in [1.29, 1.82) is 0 Å². The second-order valence-electron chi connectivity index (χ2n) is 8.53. The van der Waals surface area contributed by atoms with Gasteiger partial charge in [0, 0.05) is 11.6 Å². The highest BCUT2D eigenvalue weighted by Crippen LogP contribution is 2.33. The van der Waals surface area contributed by atoms with Gasteiger partial charge in [-0.2, -0.15) is 0 Å². The second kappa shape index (κ2) is 8.52. The molecule has 0 fully saturated rings. The average molecular weight is 431 g/mol. The lowest BCUT2D eigenvalue weighted by Gasteiger charge is -2.22. The maximum Gasteiger partial charge on any atom is 0.260 e. The van der Waals surface area contributed by atoms with Gasteiger partial charge in [-0.1, -0.05) is 74.6 Å². The van der Waals surface area contributed by atoms with Crippen LogP contribution in [0.1, 0.15) is 42.3 Å². The molecule has 1 heterocycles. The summed E-state index contributed by atoms with van der Waals surface area (Å²) in [5, 5.41) is 0.678. The first-order valence-corrected chi connectivity index (χ1v) is 11.1. The molecule has 4 nitrogen and oxygen atoms in total. The van der Waals surface area contributed by atoms with Gasteiger partial charge in [-0.15, -0.1) is 0 Å². The van der Waals surface area contributed by atoms with E-state index in [0.29, 0.717) is 17.2 Å². The highest BCUT2D eigenvalue weighted by atomic mass is 32.1. The number of carbonyl (C=O) groups excluding carboxylic acids is 1. The number of fused-ring (bicyclic) bond motifs is 1. The van der Waals surface area contributed by atoms with Crippen LogP contribution in [0.2, 0.25) is 0 Å². The summed E-state index contributed by atoms with van der Waals surface area (Å²) in [6, 6.07) is 23.7. The molecule has 0 saturated carbocycles. The van der Waals surface area contributed by atoms with Crippen molar-refractivity contribution in [3.05, 3.63) is 89.5 Å². The van der Waals surface area contributed by atoms with Crippen molar-refractivity contribution in [3.8, 4) is 5.75 Å². The highest BCUT2D eigenvalue weighted by molar-refractivity contribution is 7.22. The first-order valence-electron chi connectivity index (χ1n) is 10.3. The fourth-order valence-electron chi connectivity index (χ4n) is 3.40. The molecule has 0 N–H and O–H groups in total. The van der Waals surface area contributed by atoms with E-state index in [1.807, 2.05) is 72.8 Å². The van der Waals surface area contributed by atoms with Crippen molar-refractivity contribution in [2.45, 2.75) is 32.7 Å². The lowest BCUT2D eigenvalue weighted by molar-refractivity contribution is 0.0985. The van der Waals surface area contributed by atoms with Crippen LogP contribution in [0.25, 0.3) is 10.2 Å². The quantitative estimate of drug-likeness (QED) is 0.365. The summed E-state index contributed by atoms with van der Waals surface area (Å²) in [6.45, 7) is 6.96. The lowest BCUT2D eigenvalue weighted by atomic mass is 9.86. The highest BCUT2D eigenvalue weighted by Gasteiger charge is 2.23. The zero-order valence-electron chi connectivity index (χ0n) is 18.3. The minimum absolute atomic E-state index is 0.0391. The van der Waals surface area contributed by atoms with Crippen molar-refractivity contribution >= 4 is 32.6 Å². The van der Waals surface area contributed by atoms with Crippen LogP contribution in [-0.4, -0.2) is 18.0 Å². The van der Waals surface area contributed by atoms with Crippen LogP contribution in [0, 0.1) is 0 Å². The Morgan fingerprint density at radius 3 is 2.35 bits per heavy atom. The van der Waals surface area contributed by atoms with E-state index in [1.165, 1.54) is 16.9 Å². The van der Waals surface area contributed by atoms with Gasteiger partial charge in [0.25, 0.3) is 5.91 Å². The number of rotatable bonds is 5. The van der Waals surface area contributed by atoms with E-state index in [2.05, 4.69) is 20.8 Å². The first-order chi connectivity index (χ1) is 14.8. The largest absolute Gasteiger partial charge is 0.497 e. The number of hydrogen-bond donors (Lipinski definition) is 0. The number of amides is 1. The molecule has 1 amide bonds. The fourth-order valence-corrected chi connectivity index (χ4v) is 4.34. The maximum atomic E-state index is 13.6. The van der Waals surface area contributed by atoms with E-state index >= 15 is 0 Å². The second-order valence-corrected chi connectivity index (χ2v) is 9.54. The van der Waals surface area contributed by atoms with E-state index in [1.54, 1.807) is 12.0 Å². The van der Waals surface area contributed by atoms with Gasteiger partial charge >= 0.3 is 0 Å². The number of anilines is 1. The van der Waals surface area contributed by atoms with E-state index in [-0.39, 0.29) is 11.3 Å². The Balaban J connectivity index is 1.73. The number of ether oxygens (including phenoxy) is 1. The number of nitrogens with zero attached hydrogens (tertiary/aromatic N) is 2. The monoisotopic (exact) mass is 430 g/mol. The van der Waals surface area contributed by atoms with Gasteiger partial charge in [0.1, 0.15) is 5.75 Å². The van der Waals surface area contributed by atoms with E-state index in [0.717, 1.165) is 21.5 Å². The average Bonchev–Trinajstić information content (AvgIpc) is 3.20. The molecule has 0 aliphatic rings. The van der Waals surface area contributed by atoms with Crippen molar-refractivity contribution in [3.63, 3.8) is 0 Å². The van der Waals surface area contributed by atoms with Crippen molar-refractivity contribution < 1.29 is 9.53 Å². The number of thiazole rings is 1. The number of hydrogen-bond acceptors (Lipinski definition) is 4. The normalized spacial score (nSPS) is 11.5. The fraction of sp³-hybridized carbons (Fsp3) is 0.231. The van der Waals surface area contributed by atoms with Crippen molar-refractivity contribution in [2.75, 3.05) is 12.0 Å². The summed E-state index contributed by atoms with van der Waals surface area (Å²) in [7, 11) is 1.64. The Hall–Kier alpha value is -3.18. The minimum Gasteiger partial charge on any atom is -0.497 e. The molecule has 0 spiro atoms. The third-order valence-corrected chi connectivity index (χ3v) is 6.30. The molecule has 4 aromatic rings. The predicted octanol–water partition coefficient (Wildman–Crippen LogP) is 6.45. The molecule has 3 aromatic carbocycles. The van der Waals surface area contributed by atoms with Crippen LogP contribution in [0.3, 0.4) is 0 Å². The number of carbonyl (C=O) groups is 1. The van der Waals surface area contributed by atoms with E-state index < -0.39 is 0 Å². The van der Waals surface area contributed by atoms with Crippen LogP contribution >= 0.6 is 11.3 Å². The van der Waals surface area contributed by atoms with Gasteiger partial charge < -0.3 is 4.74 Å². The van der Waals surface area contributed by atoms with Gasteiger partial charge in [0.2, 0.25) is 0 Å². The molecule has 0 atom stereocenters. The Bertz CT molecular complexity index is 1190. The van der Waals surface area contributed by atoms with Crippen molar-refractivity contribution in [2.24, 2.45) is 0 Å². The molecule has 0 aliphatic carbocycles. The van der Waals surface area contributed by atoms with Crippen LogP contribution in [0.15, 0.2) is 72.8 Å². The van der Waals surface area contributed by atoms with E-state index in [9.17, 15) is 4.79 Å². The van der Waals surface area contributed by atoms with Crippen LogP contribution in [0.5, 0.6) is 5.75 Å². The topological polar surface area (TPSA) is 42.4 Å². The van der Waals surface area contributed by atoms with Gasteiger partial charge in [-0.25, -0.2) is 4.98 Å². The Labute approximate surface area is 187 Å². The molecule has 4 rings (SSSR count). The van der Waals surface area contributed by atoms with Gasteiger partial charge in [-0.05, 0) is 40.8 Å².